The van der Waals surface area contributed by atoms with Crippen molar-refractivity contribution in [3.8, 4) is 0 Å². The number of halogens is 2. The summed E-state index contributed by atoms with van der Waals surface area (Å²) < 4.78 is 32.5. The molecule has 2 aliphatic rings. The molecule has 2 atom stereocenters. The zero-order chi connectivity index (χ0) is 16.0. The maximum Gasteiger partial charge on any atom is 0.410 e. The number of carbonyl (C=O) groups excluding carboxylic acids is 1. The van der Waals surface area contributed by atoms with Crippen LogP contribution in [0.4, 0.5) is 13.6 Å². The van der Waals surface area contributed by atoms with E-state index >= 15 is 0 Å². The second kappa shape index (κ2) is 4.93. The third-order valence-corrected chi connectivity index (χ3v) is 4.52. The first kappa shape index (κ1) is 14.7. The average Bonchev–Trinajstić information content (AvgIpc) is 3.03. The summed E-state index contributed by atoms with van der Waals surface area (Å²) in [6.07, 6.45) is -0.787. The zero-order valence-electron chi connectivity index (χ0n) is 11.7. The van der Waals surface area contributed by atoms with Crippen molar-refractivity contribution >= 4 is 12.1 Å². The van der Waals surface area contributed by atoms with Crippen LogP contribution in [0.1, 0.15) is 12.0 Å². The van der Waals surface area contributed by atoms with Gasteiger partial charge in [0.05, 0.1) is 0 Å². The fraction of sp³-hybridized carbons (Fsp3) is 0.467. The predicted molar refractivity (Wildman–Crippen MR) is 71.3 cm³/mol. The van der Waals surface area contributed by atoms with Crippen LogP contribution in [0, 0.1) is 11.3 Å². The van der Waals surface area contributed by atoms with Crippen LogP contribution in [0.25, 0.3) is 0 Å². The number of fused-ring (bicyclic) bond motifs is 1. The number of alkyl halides is 2. The van der Waals surface area contributed by atoms with Crippen molar-refractivity contribution in [1.29, 1.82) is 0 Å². The highest BCUT2D eigenvalue weighted by atomic mass is 19.3. The minimum absolute atomic E-state index is 0.0239. The highest BCUT2D eigenvalue weighted by Crippen LogP contribution is 2.69. The molecule has 22 heavy (non-hydrogen) atoms. The third-order valence-electron chi connectivity index (χ3n) is 4.52. The van der Waals surface area contributed by atoms with Crippen molar-refractivity contribution in [2.24, 2.45) is 11.3 Å². The Hall–Kier alpha value is -2.18. The molecule has 1 N–H and O–H groups in total. The SMILES string of the molecule is O=C(OCc1ccccc1)N1CC[C@H]2C(F)(F)[C@]2(C(=O)O)C1. The van der Waals surface area contributed by atoms with E-state index < -0.39 is 35.9 Å². The van der Waals surface area contributed by atoms with E-state index in [1.807, 2.05) is 6.07 Å². The van der Waals surface area contributed by atoms with Crippen molar-refractivity contribution < 1.29 is 28.2 Å². The number of carbonyl (C=O) groups is 2. The first-order chi connectivity index (χ1) is 10.4. The Morgan fingerprint density at radius 1 is 1.32 bits per heavy atom. The van der Waals surface area contributed by atoms with E-state index in [4.69, 9.17) is 9.84 Å². The van der Waals surface area contributed by atoms with Crippen LogP contribution in [-0.2, 0) is 16.1 Å². The van der Waals surface area contributed by atoms with Gasteiger partial charge >= 0.3 is 12.1 Å². The third kappa shape index (κ3) is 2.03. The quantitative estimate of drug-likeness (QED) is 0.930. The molecule has 1 aromatic carbocycles. The molecule has 1 saturated carbocycles. The summed E-state index contributed by atoms with van der Waals surface area (Å²) in [5.74, 6) is -5.99. The molecule has 0 bridgehead atoms. The molecule has 1 aliphatic heterocycles. The van der Waals surface area contributed by atoms with Gasteiger partial charge in [0.15, 0.2) is 5.41 Å². The topological polar surface area (TPSA) is 66.8 Å². The standard InChI is InChI=1S/C15H15F2NO4/c16-15(17)11-6-7-18(9-14(11,15)12(19)20)13(21)22-8-10-4-2-1-3-5-10/h1-5,11H,6-9H2,(H,19,20)/t11-,14-/m1/s1. The maximum atomic E-state index is 13.7. The number of likely N-dealkylation sites (tertiary alicyclic amines) is 1. The van der Waals surface area contributed by atoms with Gasteiger partial charge < -0.3 is 14.7 Å². The van der Waals surface area contributed by atoms with Crippen LogP contribution in [0.15, 0.2) is 30.3 Å². The first-order valence-corrected chi connectivity index (χ1v) is 6.96. The summed E-state index contributed by atoms with van der Waals surface area (Å²) in [5.41, 5.74) is -1.37. The Balaban J connectivity index is 1.64. The highest BCUT2D eigenvalue weighted by molar-refractivity contribution is 5.83. The summed E-state index contributed by atoms with van der Waals surface area (Å²) in [7, 11) is 0. The van der Waals surface area contributed by atoms with Gasteiger partial charge in [0, 0.05) is 19.0 Å². The molecular weight excluding hydrogens is 296 g/mol. The fourth-order valence-electron chi connectivity index (χ4n) is 3.17. The number of carboxylic acids is 1. The van der Waals surface area contributed by atoms with E-state index in [1.54, 1.807) is 24.3 Å². The average molecular weight is 311 g/mol. The Labute approximate surface area is 125 Å². The first-order valence-electron chi connectivity index (χ1n) is 6.96. The molecule has 1 heterocycles. The minimum Gasteiger partial charge on any atom is -0.481 e. The van der Waals surface area contributed by atoms with Gasteiger partial charge in [-0.3, -0.25) is 4.79 Å². The van der Waals surface area contributed by atoms with E-state index in [9.17, 15) is 18.4 Å². The Bertz CT molecular complexity index is 607. The van der Waals surface area contributed by atoms with Gasteiger partial charge in [0.2, 0.25) is 0 Å². The second-order valence-electron chi connectivity index (χ2n) is 5.70. The molecule has 1 aliphatic carbocycles. The van der Waals surface area contributed by atoms with Gasteiger partial charge in [-0.05, 0) is 12.0 Å². The monoisotopic (exact) mass is 311 g/mol. The lowest BCUT2D eigenvalue weighted by atomic mass is 9.97. The minimum atomic E-state index is -3.26. The van der Waals surface area contributed by atoms with Crippen molar-refractivity contribution in [3.63, 3.8) is 0 Å². The number of carboxylic acid groups (broad SMARTS) is 1. The highest BCUT2D eigenvalue weighted by Gasteiger charge is 2.86. The molecule has 2 fully saturated rings. The summed E-state index contributed by atoms with van der Waals surface area (Å²) in [6.45, 7) is -0.396. The predicted octanol–water partition coefficient (Wildman–Crippen LogP) is 2.37. The molecular formula is C15H15F2NO4. The van der Waals surface area contributed by atoms with E-state index in [0.717, 1.165) is 10.5 Å². The number of amides is 1. The lowest BCUT2D eigenvalue weighted by Crippen LogP contribution is -2.45. The van der Waals surface area contributed by atoms with E-state index in [0.29, 0.717) is 0 Å². The number of ether oxygens (including phenoxy) is 1. The molecule has 1 saturated heterocycles. The van der Waals surface area contributed by atoms with E-state index in [-0.39, 0.29) is 19.6 Å². The molecule has 1 amide bonds. The zero-order valence-corrected chi connectivity index (χ0v) is 11.7. The van der Waals surface area contributed by atoms with Crippen LogP contribution < -0.4 is 0 Å². The fourth-order valence-corrected chi connectivity index (χ4v) is 3.17. The molecule has 0 unspecified atom stereocenters. The molecule has 0 radical (unpaired) electrons. The molecule has 118 valence electrons. The van der Waals surface area contributed by atoms with Crippen LogP contribution in [0.3, 0.4) is 0 Å². The molecule has 7 heteroatoms. The van der Waals surface area contributed by atoms with Crippen molar-refractivity contribution in [2.75, 3.05) is 13.1 Å². The van der Waals surface area contributed by atoms with Crippen LogP contribution in [0.5, 0.6) is 0 Å². The van der Waals surface area contributed by atoms with Gasteiger partial charge in [-0.1, -0.05) is 30.3 Å². The van der Waals surface area contributed by atoms with Crippen molar-refractivity contribution in [1.82, 2.24) is 4.90 Å². The largest absolute Gasteiger partial charge is 0.481 e. The van der Waals surface area contributed by atoms with Crippen LogP contribution in [0.2, 0.25) is 0 Å². The van der Waals surface area contributed by atoms with E-state index in [2.05, 4.69) is 0 Å². The number of nitrogens with zero attached hydrogens (tertiary/aromatic N) is 1. The summed E-state index contributed by atoms with van der Waals surface area (Å²) in [6, 6.07) is 8.94. The van der Waals surface area contributed by atoms with E-state index in [1.165, 1.54) is 0 Å². The molecule has 1 aromatic rings. The normalized spacial score (nSPS) is 28.6. The molecule has 5 nitrogen and oxygen atoms in total. The number of rotatable bonds is 3. The van der Waals surface area contributed by atoms with Gasteiger partial charge in [0.1, 0.15) is 6.61 Å². The number of hydrogen-bond donors (Lipinski definition) is 1. The van der Waals surface area contributed by atoms with Crippen LogP contribution >= 0.6 is 0 Å². The molecule has 0 spiro atoms. The van der Waals surface area contributed by atoms with Crippen molar-refractivity contribution in [2.45, 2.75) is 19.0 Å². The van der Waals surface area contributed by atoms with Gasteiger partial charge in [-0.15, -0.1) is 0 Å². The van der Waals surface area contributed by atoms with Crippen LogP contribution in [-0.4, -0.2) is 41.1 Å². The second-order valence-corrected chi connectivity index (χ2v) is 5.70. The summed E-state index contributed by atoms with van der Waals surface area (Å²) in [4.78, 5) is 24.3. The Morgan fingerprint density at radius 3 is 2.64 bits per heavy atom. The number of benzene rings is 1. The molecule has 3 rings (SSSR count). The maximum absolute atomic E-state index is 13.7. The molecule has 0 aromatic heterocycles. The Morgan fingerprint density at radius 2 is 2.00 bits per heavy atom. The van der Waals surface area contributed by atoms with Gasteiger partial charge in [-0.2, -0.15) is 0 Å². The Kier molecular flexibility index (Phi) is 3.30. The smallest absolute Gasteiger partial charge is 0.410 e. The summed E-state index contributed by atoms with van der Waals surface area (Å²) >= 11 is 0. The van der Waals surface area contributed by atoms with Gasteiger partial charge in [-0.25, -0.2) is 13.6 Å². The number of aliphatic carboxylic acids is 1. The lowest BCUT2D eigenvalue weighted by Gasteiger charge is -2.28. The number of hydrogen-bond acceptors (Lipinski definition) is 3. The summed E-state index contributed by atoms with van der Waals surface area (Å²) in [5, 5.41) is 9.12. The number of piperidine rings is 1. The van der Waals surface area contributed by atoms with Gasteiger partial charge in [0.25, 0.3) is 5.92 Å². The van der Waals surface area contributed by atoms with Crippen molar-refractivity contribution in [3.05, 3.63) is 35.9 Å². The lowest BCUT2D eigenvalue weighted by molar-refractivity contribution is -0.149.